The molecule has 94 valence electrons. The number of aromatic nitrogens is 1. The highest BCUT2D eigenvalue weighted by molar-refractivity contribution is 5.95. The maximum atomic E-state index is 12.0. The van der Waals surface area contributed by atoms with Gasteiger partial charge in [0.15, 0.2) is 5.78 Å². The summed E-state index contributed by atoms with van der Waals surface area (Å²) in [6, 6.07) is 3.90. The average Bonchev–Trinajstić information content (AvgIpc) is 2.38. The van der Waals surface area contributed by atoms with E-state index in [-0.39, 0.29) is 5.78 Å². The summed E-state index contributed by atoms with van der Waals surface area (Å²) in [7, 11) is 0. The van der Waals surface area contributed by atoms with Crippen molar-refractivity contribution in [2.75, 3.05) is 0 Å². The molecule has 0 N–H and O–H groups in total. The van der Waals surface area contributed by atoms with Crippen molar-refractivity contribution < 1.29 is 4.79 Å². The number of Topliss-reactive ketones (excluding diaryl/α,β-unsaturated/α-hetero) is 1. The lowest BCUT2D eigenvalue weighted by molar-refractivity contribution is 0.0973. The maximum Gasteiger partial charge on any atom is 0.181 e. The van der Waals surface area contributed by atoms with Crippen LogP contribution >= 0.6 is 0 Å². The molecule has 2 heteroatoms. The Kier molecular flexibility index (Phi) is 6.53. The number of ketones is 1. The molecule has 0 unspecified atom stereocenters. The first kappa shape index (κ1) is 13.9. The number of nitrogens with zero attached hydrogens (tertiary/aromatic N) is 1. The van der Waals surface area contributed by atoms with E-state index in [0.29, 0.717) is 12.1 Å². The molecule has 0 radical (unpaired) electrons. The largest absolute Gasteiger partial charge is 0.292 e. The quantitative estimate of drug-likeness (QED) is 0.498. The SMILES string of the molecule is CCCCCCCC(=O)c1ncccc1CC. The van der Waals surface area contributed by atoms with Crippen molar-refractivity contribution >= 4 is 5.78 Å². The Morgan fingerprint density at radius 2 is 1.94 bits per heavy atom. The fourth-order valence-corrected chi connectivity index (χ4v) is 1.98. The second-order valence-electron chi connectivity index (χ2n) is 4.45. The molecule has 2 nitrogen and oxygen atoms in total. The topological polar surface area (TPSA) is 30.0 Å². The summed E-state index contributed by atoms with van der Waals surface area (Å²) in [6.07, 6.45) is 9.16. The monoisotopic (exact) mass is 233 g/mol. The number of pyridine rings is 1. The van der Waals surface area contributed by atoms with Gasteiger partial charge in [0.1, 0.15) is 5.69 Å². The van der Waals surface area contributed by atoms with E-state index in [0.717, 1.165) is 24.8 Å². The van der Waals surface area contributed by atoms with Crippen LogP contribution in [0.5, 0.6) is 0 Å². The molecule has 0 spiro atoms. The van der Waals surface area contributed by atoms with E-state index >= 15 is 0 Å². The summed E-state index contributed by atoms with van der Waals surface area (Å²) in [6.45, 7) is 4.27. The second-order valence-corrected chi connectivity index (χ2v) is 4.45. The van der Waals surface area contributed by atoms with Gasteiger partial charge in [-0.15, -0.1) is 0 Å². The van der Waals surface area contributed by atoms with Gasteiger partial charge in [-0.1, -0.05) is 45.6 Å². The minimum atomic E-state index is 0.207. The van der Waals surface area contributed by atoms with Crippen LogP contribution in [0.2, 0.25) is 0 Å². The summed E-state index contributed by atoms with van der Waals surface area (Å²) in [5.41, 5.74) is 1.76. The van der Waals surface area contributed by atoms with Crippen LogP contribution in [0.3, 0.4) is 0 Å². The van der Waals surface area contributed by atoms with Crippen LogP contribution in [-0.4, -0.2) is 10.8 Å². The van der Waals surface area contributed by atoms with E-state index in [9.17, 15) is 4.79 Å². The van der Waals surface area contributed by atoms with Gasteiger partial charge in [0.2, 0.25) is 0 Å². The van der Waals surface area contributed by atoms with E-state index in [2.05, 4.69) is 18.8 Å². The van der Waals surface area contributed by atoms with Gasteiger partial charge in [0, 0.05) is 12.6 Å². The normalized spacial score (nSPS) is 10.5. The fourth-order valence-electron chi connectivity index (χ4n) is 1.98. The third-order valence-electron chi connectivity index (χ3n) is 3.04. The van der Waals surface area contributed by atoms with E-state index in [1.807, 2.05) is 12.1 Å². The van der Waals surface area contributed by atoms with Crippen LogP contribution < -0.4 is 0 Å². The van der Waals surface area contributed by atoms with Crippen LogP contribution in [0.1, 0.15) is 68.4 Å². The van der Waals surface area contributed by atoms with Crippen LogP contribution in [0, 0.1) is 0 Å². The average molecular weight is 233 g/mol. The molecule has 0 fully saturated rings. The Bertz CT molecular complexity index is 347. The Balaban J connectivity index is 2.41. The first-order valence-corrected chi connectivity index (χ1v) is 6.76. The number of carbonyl (C=O) groups is 1. The molecule has 0 aliphatic rings. The lowest BCUT2D eigenvalue weighted by Gasteiger charge is -2.05. The predicted octanol–water partition coefficient (Wildman–Crippen LogP) is 4.19. The Morgan fingerprint density at radius 1 is 1.18 bits per heavy atom. The van der Waals surface area contributed by atoms with Crippen LogP contribution in [0.15, 0.2) is 18.3 Å². The molecule has 0 saturated heterocycles. The van der Waals surface area contributed by atoms with E-state index in [1.165, 1.54) is 19.3 Å². The zero-order valence-electron chi connectivity index (χ0n) is 11.0. The van der Waals surface area contributed by atoms with Crippen LogP contribution in [-0.2, 0) is 6.42 Å². The lowest BCUT2D eigenvalue weighted by Crippen LogP contribution is -2.06. The van der Waals surface area contributed by atoms with E-state index in [4.69, 9.17) is 0 Å². The fraction of sp³-hybridized carbons (Fsp3) is 0.600. The Labute approximate surface area is 104 Å². The van der Waals surface area contributed by atoms with Gasteiger partial charge in [-0.05, 0) is 24.5 Å². The van der Waals surface area contributed by atoms with Gasteiger partial charge in [-0.3, -0.25) is 9.78 Å². The highest BCUT2D eigenvalue weighted by Gasteiger charge is 2.10. The number of hydrogen-bond acceptors (Lipinski definition) is 2. The van der Waals surface area contributed by atoms with E-state index in [1.54, 1.807) is 6.20 Å². The van der Waals surface area contributed by atoms with Crippen molar-refractivity contribution in [2.45, 2.75) is 58.8 Å². The van der Waals surface area contributed by atoms with Gasteiger partial charge in [0.05, 0.1) is 0 Å². The third kappa shape index (κ3) is 4.68. The van der Waals surface area contributed by atoms with Crippen molar-refractivity contribution in [2.24, 2.45) is 0 Å². The standard InChI is InChI=1S/C15H23NO/c1-3-5-6-7-8-11-14(17)15-13(4-2)10-9-12-16-15/h9-10,12H,3-8,11H2,1-2H3. The molecule has 0 atom stereocenters. The molecule has 0 bridgehead atoms. The number of unbranched alkanes of at least 4 members (excludes halogenated alkanes) is 4. The van der Waals surface area contributed by atoms with Crippen molar-refractivity contribution in [3.63, 3.8) is 0 Å². The molecule has 1 aromatic rings. The van der Waals surface area contributed by atoms with Gasteiger partial charge in [-0.25, -0.2) is 0 Å². The van der Waals surface area contributed by atoms with Crippen LogP contribution in [0.4, 0.5) is 0 Å². The molecule has 0 aliphatic carbocycles. The molecular weight excluding hydrogens is 210 g/mol. The molecule has 1 rings (SSSR count). The highest BCUT2D eigenvalue weighted by atomic mass is 16.1. The summed E-state index contributed by atoms with van der Waals surface area (Å²) < 4.78 is 0. The Hall–Kier alpha value is -1.18. The molecular formula is C15H23NO. The molecule has 1 aromatic heterocycles. The molecule has 1 heterocycles. The minimum absolute atomic E-state index is 0.207. The number of rotatable bonds is 8. The van der Waals surface area contributed by atoms with Gasteiger partial charge >= 0.3 is 0 Å². The highest BCUT2D eigenvalue weighted by Crippen LogP contribution is 2.12. The van der Waals surface area contributed by atoms with E-state index < -0.39 is 0 Å². The molecule has 0 saturated carbocycles. The lowest BCUT2D eigenvalue weighted by atomic mass is 10.0. The van der Waals surface area contributed by atoms with Crippen molar-refractivity contribution in [3.8, 4) is 0 Å². The second kappa shape index (κ2) is 7.99. The minimum Gasteiger partial charge on any atom is -0.292 e. The molecule has 0 amide bonds. The van der Waals surface area contributed by atoms with Crippen molar-refractivity contribution in [3.05, 3.63) is 29.6 Å². The summed E-state index contributed by atoms with van der Waals surface area (Å²) in [5.74, 6) is 0.207. The van der Waals surface area contributed by atoms with Gasteiger partial charge in [0.25, 0.3) is 0 Å². The summed E-state index contributed by atoms with van der Waals surface area (Å²) >= 11 is 0. The predicted molar refractivity (Wildman–Crippen MR) is 71.3 cm³/mol. The van der Waals surface area contributed by atoms with Crippen molar-refractivity contribution in [1.82, 2.24) is 4.98 Å². The zero-order valence-corrected chi connectivity index (χ0v) is 11.0. The smallest absolute Gasteiger partial charge is 0.181 e. The Morgan fingerprint density at radius 3 is 2.65 bits per heavy atom. The number of aryl methyl sites for hydroxylation is 1. The zero-order chi connectivity index (χ0) is 12.5. The summed E-state index contributed by atoms with van der Waals surface area (Å²) in [5, 5.41) is 0. The third-order valence-corrected chi connectivity index (χ3v) is 3.04. The van der Waals surface area contributed by atoms with Crippen molar-refractivity contribution in [1.29, 1.82) is 0 Å². The molecule has 0 aromatic carbocycles. The molecule has 17 heavy (non-hydrogen) atoms. The number of carbonyl (C=O) groups excluding carboxylic acids is 1. The van der Waals surface area contributed by atoms with Gasteiger partial charge in [-0.2, -0.15) is 0 Å². The first-order chi connectivity index (χ1) is 8.29. The molecule has 0 aliphatic heterocycles. The van der Waals surface area contributed by atoms with Gasteiger partial charge < -0.3 is 0 Å². The maximum absolute atomic E-state index is 12.0. The summed E-state index contributed by atoms with van der Waals surface area (Å²) in [4.78, 5) is 16.2. The number of hydrogen-bond donors (Lipinski definition) is 0. The van der Waals surface area contributed by atoms with Crippen LogP contribution in [0.25, 0.3) is 0 Å². The first-order valence-electron chi connectivity index (χ1n) is 6.76.